The van der Waals surface area contributed by atoms with E-state index >= 15 is 0 Å². The lowest BCUT2D eigenvalue weighted by Gasteiger charge is -2.31. The first-order valence-electron chi connectivity index (χ1n) is 11.3. The van der Waals surface area contributed by atoms with E-state index in [0.717, 1.165) is 29.9 Å². The summed E-state index contributed by atoms with van der Waals surface area (Å²) >= 11 is 6.57. The molecule has 5 rings (SSSR count). The second-order valence-electron chi connectivity index (χ2n) is 8.31. The maximum Gasteiger partial charge on any atom is 0.245 e. The number of ether oxygens (including phenoxy) is 1. The van der Waals surface area contributed by atoms with E-state index < -0.39 is 0 Å². The van der Waals surface area contributed by atoms with Crippen molar-refractivity contribution in [1.82, 2.24) is 29.5 Å². The minimum Gasteiger partial charge on any atom is -0.486 e. The van der Waals surface area contributed by atoms with Gasteiger partial charge in [0.05, 0.1) is 10.7 Å². The van der Waals surface area contributed by atoms with Gasteiger partial charge in [-0.3, -0.25) is 9.78 Å². The highest BCUT2D eigenvalue weighted by Crippen LogP contribution is 2.36. The Morgan fingerprint density at radius 2 is 2.17 bits per heavy atom. The van der Waals surface area contributed by atoms with Crippen LogP contribution in [0.2, 0.25) is 5.02 Å². The zero-order chi connectivity index (χ0) is 24.4. The zero-order valence-corrected chi connectivity index (χ0v) is 19.7. The third-order valence-electron chi connectivity index (χ3n) is 6.07. The zero-order valence-electron chi connectivity index (χ0n) is 19.0. The van der Waals surface area contributed by atoms with Crippen LogP contribution in [0.5, 0.6) is 5.75 Å². The summed E-state index contributed by atoms with van der Waals surface area (Å²) in [6, 6.07) is 11.1. The molecule has 0 spiro atoms. The number of imidazole rings is 1. The fraction of sp³-hybridized carbons (Fsp3) is 0.240. The molecule has 0 saturated carbocycles. The van der Waals surface area contributed by atoms with E-state index in [1.807, 2.05) is 24.3 Å². The molecule has 4 aromatic rings. The van der Waals surface area contributed by atoms with Crippen molar-refractivity contribution in [3.05, 3.63) is 78.1 Å². The number of carbonyl (C=O) groups excluding carboxylic acids is 1. The molecule has 2 N–H and O–H groups in total. The van der Waals surface area contributed by atoms with E-state index in [1.165, 1.54) is 12.4 Å². The third-order valence-corrected chi connectivity index (χ3v) is 6.36. The number of nitrogens with two attached hydrogens (primary N) is 1. The second-order valence-corrected chi connectivity index (χ2v) is 8.71. The van der Waals surface area contributed by atoms with Crippen LogP contribution in [0.4, 0.5) is 5.82 Å². The highest BCUT2D eigenvalue weighted by atomic mass is 35.5. The fourth-order valence-corrected chi connectivity index (χ4v) is 4.60. The van der Waals surface area contributed by atoms with Gasteiger partial charge in [-0.15, -0.1) is 0 Å². The normalized spacial score (nSPS) is 15.8. The summed E-state index contributed by atoms with van der Waals surface area (Å²) in [5, 5.41) is 4.87. The van der Waals surface area contributed by atoms with Gasteiger partial charge in [-0.05, 0) is 49.2 Å². The Morgan fingerprint density at radius 1 is 1.29 bits per heavy atom. The number of nitrogen functional groups attached to an aromatic ring is 1. The van der Waals surface area contributed by atoms with E-state index in [2.05, 4.69) is 21.6 Å². The predicted molar refractivity (Wildman–Crippen MR) is 133 cm³/mol. The number of piperidine rings is 1. The number of rotatable bonds is 6. The number of fused-ring (bicyclic) bond motifs is 1. The summed E-state index contributed by atoms with van der Waals surface area (Å²) < 4.78 is 7.58. The number of amides is 1. The fourth-order valence-electron chi connectivity index (χ4n) is 4.36. The molecule has 0 unspecified atom stereocenters. The lowest BCUT2D eigenvalue weighted by atomic mass is 9.97. The van der Waals surface area contributed by atoms with Gasteiger partial charge < -0.3 is 15.4 Å². The van der Waals surface area contributed by atoms with Gasteiger partial charge in [0.1, 0.15) is 35.7 Å². The Bertz CT molecular complexity index is 1390. The number of aromatic nitrogens is 5. The van der Waals surface area contributed by atoms with Gasteiger partial charge in [-0.2, -0.15) is 5.10 Å². The van der Waals surface area contributed by atoms with Gasteiger partial charge in [0.25, 0.3) is 0 Å². The van der Waals surface area contributed by atoms with Crippen molar-refractivity contribution in [3.8, 4) is 17.0 Å². The Balaban J connectivity index is 1.48. The highest BCUT2D eigenvalue weighted by molar-refractivity contribution is 6.32. The van der Waals surface area contributed by atoms with Gasteiger partial charge in [0.15, 0.2) is 5.82 Å². The summed E-state index contributed by atoms with van der Waals surface area (Å²) in [6.45, 7) is 5.15. The number of pyridine rings is 1. The Kier molecular flexibility index (Phi) is 6.33. The van der Waals surface area contributed by atoms with Crippen molar-refractivity contribution in [3.63, 3.8) is 0 Å². The van der Waals surface area contributed by atoms with E-state index in [4.69, 9.17) is 27.1 Å². The van der Waals surface area contributed by atoms with Crippen LogP contribution in [0, 0.1) is 0 Å². The average Bonchev–Trinajstić information content (AvgIpc) is 3.29. The average molecular weight is 490 g/mol. The SMILES string of the molecule is C=CC(=O)N1CCC[C@@H](c2nc(-c3ccc(OCc4ccccn4)c(Cl)c3)c3c(N)ncnn23)C1. The summed E-state index contributed by atoms with van der Waals surface area (Å²) in [5.41, 5.74) is 9.06. The smallest absolute Gasteiger partial charge is 0.245 e. The molecule has 0 bridgehead atoms. The van der Waals surface area contributed by atoms with E-state index in [9.17, 15) is 4.79 Å². The molecule has 35 heavy (non-hydrogen) atoms. The summed E-state index contributed by atoms with van der Waals surface area (Å²) in [6.07, 6.45) is 6.22. The van der Waals surface area contributed by atoms with Gasteiger partial charge in [0.2, 0.25) is 5.91 Å². The van der Waals surface area contributed by atoms with Crippen LogP contribution in [0.25, 0.3) is 16.8 Å². The van der Waals surface area contributed by atoms with Crippen LogP contribution >= 0.6 is 11.6 Å². The van der Waals surface area contributed by atoms with Crippen molar-refractivity contribution in [2.24, 2.45) is 0 Å². The van der Waals surface area contributed by atoms with Crippen LogP contribution < -0.4 is 10.5 Å². The number of halogens is 1. The van der Waals surface area contributed by atoms with Crippen molar-refractivity contribution >= 4 is 28.8 Å². The van der Waals surface area contributed by atoms with Crippen molar-refractivity contribution < 1.29 is 9.53 Å². The Morgan fingerprint density at radius 3 is 2.94 bits per heavy atom. The third kappa shape index (κ3) is 4.54. The molecular formula is C25H24ClN7O2. The van der Waals surface area contributed by atoms with Gasteiger partial charge in [-0.1, -0.05) is 24.2 Å². The lowest BCUT2D eigenvalue weighted by Crippen LogP contribution is -2.38. The quantitative estimate of drug-likeness (QED) is 0.409. The number of hydrogen-bond acceptors (Lipinski definition) is 7. The molecule has 4 heterocycles. The van der Waals surface area contributed by atoms with E-state index in [0.29, 0.717) is 47.5 Å². The minimum atomic E-state index is -0.0852. The van der Waals surface area contributed by atoms with Gasteiger partial charge in [-0.25, -0.2) is 14.5 Å². The van der Waals surface area contributed by atoms with Crippen LogP contribution in [0.15, 0.2) is 61.6 Å². The predicted octanol–water partition coefficient (Wildman–Crippen LogP) is 3.89. The maximum absolute atomic E-state index is 12.2. The molecule has 178 valence electrons. The summed E-state index contributed by atoms with van der Waals surface area (Å²) in [5.74, 6) is 1.50. The van der Waals surface area contributed by atoms with E-state index in [1.54, 1.807) is 27.7 Å². The number of likely N-dealkylation sites (tertiary alicyclic amines) is 1. The van der Waals surface area contributed by atoms with Crippen molar-refractivity contribution in [1.29, 1.82) is 0 Å². The topological polar surface area (TPSA) is 112 Å². The van der Waals surface area contributed by atoms with Crippen molar-refractivity contribution in [2.75, 3.05) is 18.8 Å². The molecular weight excluding hydrogens is 466 g/mol. The molecule has 1 amide bonds. The second kappa shape index (κ2) is 9.71. The van der Waals surface area contributed by atoms with Crippen LogP contribution in [0.3, 0.4) is 0 Å². The van der Waals surface area contributed by atoms with Crippen LogP contribution in [-0.4, -0.2) is 48.5 Å². The number of carbonyl (C=O) groups is 1. The molecule has 0 aliphatic carbocycles. The van der Waals surface area contributed by atoms with E-state index in [-0.39, 0.29) is 11.8 Å². The molecule has 1 aliphatic rings. The van der Waals surface area contributed by atoms with Crippen LogP contribution in [-0.2, 0) is 11.4 Å². The molecule has 1 saturated heterocycles. The lowest BCUT2D eigenvalue weighted by molar-refractivity contribution is -0.127. The largest absolute Gasteiger partial charge is 0.486 e. The Labute approximate surface area is 207 Å². The first-order valence-corrected chi connectivity index (χ1v) is 11.7. The molecule has 10 heteroatoms. The van der Waals surface area contributed by atoms with Crippen molar-refractivity contribution in [2.45, 2.75) is 25.4 Å². The number of benzene rings is 1. The molecule has 1 aromatic carbocycles. The molecule has 1 aliphatic heterocycles. The monoisotopic (exact) mass is 489 g/mol. The molecule has 1 atom stereocenters. The summed E-state index contributed by atoms with van der Waals surface area (Å²) in [7, 11) is 0. The molecule has 3 aromatic heterocycles. The number of hydrogen-bond donors (Lipinski definition) is 1. The maximum atomic E-state index is 12.2. The van der Waals surface area contributed by atoms with Gasteiger partial charge in [0, 0.05) is 30.8 Å². The standard InChI is InChI=1S/C25H24ClN7O2/c1-2-21(34)32-11-5-6-17(13-32)25-31-22(23-24(27)29-15-30-33(23)25)16-8-9-20(19(26)12-16)35-14-18-7-3-4-10-28-18/h2-4,7-10,12,15,17H,1,5-6,11,13-14H2,(H2,27,29,30)/t17-/m1/s1. The number of nitrogens with zero attached hydrogens (tertiary/aromatic N) is 6. The van der Waals surface area contributed by atoms with Gasteiger partial charge >= 0.3 is 0 Å². The molecule has 9 nitrogen and oxygen atoms in total. The minimum absolute atomic E-state index is 0.000323. The first-order chi connectivity index (χ1) is 17.0. The first kappa shape index (κ1) is 22.8. The summed E-state index contributed by atoms with van der Waals surface area (Å²) in [4.78, 5) is 27.4. The Hall–Kier alpha value is -3.98. The molecule has 1 fully saturated rings. The highest BCUT2D eigenvalue weighted by Gasteiger charge is 2.29. The van der Waals surface area contributed by atoms with Crippen LogP contribution in [0.1, 0.15) is 30.3 Å². The number of anilines is 1. The molecule has 0 radical (unpaired) electrons.